The van der Waals surface area contributed by atoms with Gasteiger partial charge in [-0.2, -0.15) is 20.9 Å². The first kappa shape index (κ1) is 69.7. The van der Waals surface area contributed by atoms with Crippen molar-refractivity contribution >= 4 is 105 Å². The van der Waals surface area contributed by atoms with Crippen LogP contribution >= 0.6 is 22.7 Å². The first-order valence-electron chi connectivity index (χ1n) is 27.4. The normalized spacial score (nSPS) is 11.3. The summed E-state index contributed by atoms with van der Waals surface area (Å²) >= 11 is 2.72. The van der Waals surface area contributed by atoms with Crippen LogP contribution in [0.4, 0.5) is 10.7 Å². The average molecular weight is 1240 g/mol. The van der Waals surface area contributed by atoms with E-state index in [9.17, 15) is 19.2 Å². The zero-order chi connectivity index (χ0) is 60.5. The quantitative estimate of drug-likeness (QED) is 0.0335. The van der Waals surface area contributed by atoms with E-state index in [-0.39, 0.29) is 69.2 Å². The van der Waals surface area contributed by atoms with Crippen LogP contribution in [0.1, 0.15) is 82.1 Å². The molecule has 0 radical (unpaired) electrons. The monoisotopic (exact) mass is 1240 g/mol. The van der Waals surface area contributed by atoms with Gasteiger partial charge in [-0.1, -0.05) is 206 Å². The van der Waals surface area contributed by atoms with Gasteiger partial charge in [0.15, 0.2) is 5.56 Å². The molecule has 0 saturated heterocycles. The zero-order valence-electron chi connectivity index (χ0n) is 50.2. The van der Waals surface area contributed by atoms with Crippen LogP contribution in [0.5, 0.6) is 0 Å². The van der Waals surface area contributed by atoms with Crippen LogP contribution < -0.4 is 60.8 Å². The summed E-state index contributed by atoms with van der Waals surface area (Å²) in [4.78, 5) is 78.9. The van der Waals surface area contributed by atoms with Crippen molar-refractivity contribution in [2.45, 2.75) is 84.2 Å². The van der Waals surface area contributed by atoms with Gasteiger partial charge in [-0.25, -0.2) is 4.98 Å². The number of anilines is 2. The number of benzene rings is 6. The summed E-state index contributed by atoms with van der Waals surface area (Å²) in [6.45, 7) is 16.5. The molecule has 0 bridgehead atoms. The number of amides is 1. The predicted molar refractivity (Wildman–Crippen MR) is 339 cm³/mol. The van der Waals surface area contributed by atoms with E-state index in [4.69, 9.17) is 27.9 Å². The molecule has 0 unspecified atom stereocenters. The molecular weight excluding hydrogens is 1170 g/mol. The molecule has 0 fully saturated rings. The number of carbonyl (C=O) groups is 3. The number of carbonyl (C=O) groups excluding carboxylic acids is 5. The van der Waals surface area contributed by atoms with Gasteiger partial charge in [0, 0.05) is 29.2 Å². The van der Waals surface area contributed by atoms with Gasteiger partial charge in [0.05, 0.1) is 36.6 Å². The molecule has 3 heterocycles. The van der Waals surface area contributed by atoms with Gasteiger partial charge in [-0.15, -0.1) is 17.4 Å². The number of aryl methyl sites for hydroxylation is 1. The van der Waals surface area contributed by atoms with E-state index in [0.29, 0.717) is 48.5 Å². The number of fused-ring (bicyclic) bond motifs is 1. The number of pyridine rings is 1. The second-order valence-electron chi connectivity index (χ2n) is 21.4. The molecule has 3 aromatic heterocycles. The van der Waals surface area contributed by atoms with Gasteiger partial charge >= 0.3 is 41.7 Å². The fourth-order valence-corrected chi connectivity index (χ4v) is 21.5. The summed E-state index contributed by atoms with van der Waals surface area (Å²) in [7, 11) is -2.89. The number of rotatable bonds is 19. The molecule has 442 valence electrons. The van der Waals surface area contributed by atoms with Crippen molar-refractivity contribution in [3.8, 4) is 5.69 Å². The Morgan fingerprint density at radius 1 is 0.616 bits per heavy atom. The second kappa shape index (κ2) is 32.0. The van der Waals surface area contributed by atoms with Crippen molar-refractivity contribution in [2.75, 3.05) is 32.3 Å². The number of ether oxygens (including phenoxy) is 2. The van der Waals surface area contributed by atoms with Gasteiger partial charge in [0.2, 0.25) is 5.91 Å². The van der Waals surface area contributed by atoms with E-state index in [1.165, 1.54) is 57.6 Å². The van der Waals surface area contributed by atoms with Gasteiger partial charge < -0.3 is 38.0 Å². The van der Waals surface area contributed by atoms with Crippen LogP contribution in [0.3, 0.4) is 0 Å². The summed E-state index contributed by atoms with van der Waals surface area (Å²) in [5, 5.41) is 5.30. The van der Waals surface area contributed by atoms with Crippen LogP contribution in [0.15, 0.2) is 186 Å². The van der Waals surface area contributed by atoms with Crippen LogP contribution in [-0.4, -0.2) is 88.1 Å². The summed E-state index contributed by atoms with van der Waals surface area (Å²) in [5.41, 5.74) is 7.30. The second-order valence-corrected chi connectivity index (χ2v) is 31.7. The molecule has 0 atom stereocenters. The van der Waals surface area contributed by atoms with E-state index in [2.05, 4.69) is 155 Å². The van der Waals surface area contributed by atoms with Crippen LogP contribution in [0.2, 0.25) is 10.1 Å². The summed E-state index contributed by atoms with van der Waals surface area (Å²) in [5.74, 6) is -1.66. The molecular formula is C66H70N4NaO11S2Si2-. The van der Waals surface area contributed by atoms with Gasteiger partial charge in [0.1, 0.15) is 11.4 Å². The van der Waals surface area contributed by atoms with E-state index in [1.54, 1.807) is 20.5 Å². The molecule has 6 aromatic carbocycles. The van der Waals surface area contributed by atoms with Gasteiger partial charge in [0.25, 0.3) is 22.6 Å². The van der Waals surface area contributed by atoms with Crippen molar-refractivity contribution < 1.29 is 77.3 Å². The molecule has 0 aliphatic rings. The molecule has 9 rings (SSSR count). The minimum atomic E-state index is -2.72. The zero-order valence-corrected chi connectivity index (χ0v) is 55.8. The SMILES string of the molecule is CCc1ncsc1N(C(=O)CC(=O)OC)c1ccccc1CCO[Si](c1ccccc1)(c1ccccc1)C(C)(C)C.COC(=O)c1[c-]c2ncsc2n(-c2ccccc2CCO[Si](c2ccccc2)(c2ccccc2)C(C)(C)C)c1=O.O=C=O.[Na+].[OH-]. The Morgan fingerprint density at radius 3 is 1.50 bits per heavy atom. The van der Waals surface area contributed by atoms with Crippen molar-refractivity contribution in [3.05, 3.63) is 220 Å². The third-order valence-corrected chi connectivity index (χ3v) is 26.2. The fraction of sp³-hybridized carbons (Fsp3) is 0.258. The van der Waals surface area contributed by atoms with Crippen LogP contribution in [0, 0.1) is 6.07 Å². The number of thiazole rings is 2. The molecule has 0 aliphatic heterocycles. The average Bonchev–Trinajstić information content (AvgIpc) is 0.974. The Bertz CT molecular complexity index is 3660. The van der Waals surface area contributed by atoms with Crippen LogP contribution in [0.25, 0.3) is 16.0 Å². The number of aromatic nitrogens is 3. The van der Waals surface area contributed by atoms with Gasteiger partial charge in [-0.3, -0.25) is 19.5 Å². The Labute approximate surface area is 534 Å². The summed E-state index contributed by atoms with van der Waals surface area (Å²) in [6.07, 6.45) is 1.72. The number of para-hydroxylation sites is 2. The number of nitrogens with zero attached hydrogens (tertiary/aromatic N) is 4. The standard InChI is InChI=1S/C33H38N2O4SSi.C32H31N2O4SSi.CO2.Na.H2O/c1-6-28-32(40-24-34-28)35(30(36)23-31(37)38-5)29-20-14-13-15-25(29)21-22-39-41(33(2,3)4,26-16-9-7-10-17-26)27-18-11-8-12-19-27;1-32(2,3)40(24-14-7-5-8-15-24,25-16-9-6-10-17-25)38-20-19-23-13-11-12-18-28(23)34-29(35)26(31(36)37-4)21-27-30(34)39-22-33-27;2-1-3;;/h7-20,24H,6,21-23H2,1-5H3;5-18,22H,19-20H2,1-4H3;;;1H2/q;-1;;+1;/p-1. The topological polar surface area (TPSA) is 203 Å². The maximum absolute atomic E-state index is 13.6. The van der Waals surface area contributed by atoms with Crippen molar-refractivity contribution in [3.63, 3.8) is 0 Å². The Balaban J connectivity index is 0.000000294. The number of hydrogen-bond donors (Lipinski definition) is 0. The van der Waals surface area contributed by atoms with Crippen molar-refractivity contribution in [2.24, 2.45) is 0 Å². The third kappa shape index (κ3) is 15.5. The van der Waals surface area contributed by atoms with E-state index in [0.717, 1.165) is 27.5 Å². The molecule has 0 spiro atoms. The van der Waals surface area contributed by atoms with E-state index >= 15 is 0 Å². The minimum absolute atomic E-state index is 0. The predicted octanol–water partition coefficient (Wildman–Crippen LogP) is 7.45. The third-order valence-electron chi connectivity index (χ3n) is 14.4. The smallest absolute Gasteiger partial charge is 0.870 e. The molecule has 86 heavy (non-hydrogen) atoms. The molecule has 15 nitrogen and oxygen atoms in total. The van der Waals surface area contributed by atoms with Crippen molar-refractivity contribution in [1.82, 2.24) is 14.5 Å². The molecule has 1 N–H and O–H groups in total. The van der Waals surface area contributed by atoms with E-state index in [1.807, 2.05) is 79.7 Å². The fourth-order valence-electron chi connectivity index (χ4n) is 10.7. The Kier molecular flexibility index (Phi) is 26.0. The maximum atomic E-state index is 13.6. The first-order chi connectivity index (χ1) is 40.4. The largest absolute Gasteiger partial charge is 1.00 e. The number of methoxy groups -OCH3 is 2. The Morgan fingerprint density at radius 2 is 1.05 bits per heavy atom. The molecule has 0 saturated carbocycles. The summed E-state index contributed by atoms with van der Waals surface area (Å²) < 4.78 is 25.5. The van der Waals surface area contributed by atoms with E-state index < -0.39 is 34.1 Å². The van der Waals surface area contributed by atoms with Gasteiger partial charge in [-0.05, 0) is 78.9 Å². The first-order valence-corrected chi connectivity index (χ1v) is 33.0. The molecule has 20 heteroatoms. The maximum Gasteiger partial charge on any atom is 1.00 e. The number of hydrogen-bond acceptors (Lipinski definition) is 15. The number of esters is 2. The van der Waals surface area contributed by atoms with Crippen LogP contribution in [-0.2, 0) is 56.8 Å². The molecule has 0 aliphatic carbocycles. The molecule has 9 aromatic rings. The minimum Gasteiger partial charge on any atom is -0.870 e. The Hall–Kier alpha value is -7.11. The molecule has 1 amide bonds. The summed E-state index contributed by atoms with van der Waals surface area (Å²) in [6, 6.07) is 60.6. The van der Waals surface area contributed by atoms with Crippen molar-refractivity contribution in [1.29, 1.82) is 0 Å².